The standard InChI is InChI=1S/C16H11BrN2O2/c17-12-9-11(16(20)21)5-7-14(12)19-15-8-6-10-3-1-2-4-13(10)18-15/h1-9H,(H,18,19)(H,20,21). The van der Waals surface area contributed by atoms with Gasteiger partial charge in [-0.05, 0) is 52.3 Å². The minimum absolute atomic E-state index is 0.235. The highest BCUT2D eigenvalue weighted by Gasteiger charge is 2.07. The van der Waals surface area contributed by atoms with Crippen molar-refractivity contribution in [1.82, 2.24) is 4.98 Å². The van der Waals surface area contributed by atoms with Gasteiger partial charge < -0.3 is 10.4 Å². The predicted octanol–water partition coefficient (Wildman–Crippen LogP) is 4.44. The fourth-order valence-corrected chi connectivity index (χ4v) is 2.50. The molecule has 0 atom stereocenters. The van der Waals surface area contributed by atoms with Crippen LogP contribution in [0.2, 0.25) is 0 Å². The number of nitrogens with one attached hydrogen (secondary N) is 1. The zero-order valence-corrected chi connectivity index (χ0v) is 12.5. The number of hydrogen-bond acceptors (Lipinski definition) is 3. The number of aromatic carboxylic acids is 1. The van der Waals surface area contributed by atoms with Gasteiger partial charge in [0, 0.05) is 9.86 Å². The Morgan fingerprint density at radius 1 is 1.10 bits per heavy atom. The van der Waals surface area contributed by atoms with Crippen molar-refractivity contribution < 1.29 is 9.90 Å². The normalized spacial score (nSPS) is 10.5. The summed E-state index contributed by atoms with van der Waals surface area (Å²) < 4.78 is 0.678. The fraction of sp³-hybridized carbons (Fsp3) is 0. The third kappa shape index (κ3) is 2.87. The lowest BCUT2D eigenvalue weighted by Gasteiger charge is -2.09. The molecule has 21 heavy (non-hydrogen) atoms. The van der Waals surface area contributed by atoms with Crippen LogP contribution in [0.1, 0.15) is 10.4 Å². The van der Waals surface area contributed by atoms with Gasteiger partial charge in [-0.1, -0.05) is 18.2 Å². The van der Waals surface area contributed by atoms with Gasteiger partial charge in [-0.15, -0.1) is 0 Å². The van der Waals surface area contributed by atoms with Crippen molar-refractivity contribution >= 4 is 44.3 Å². The number of hydrogen-bond donors (Lipinski definition) is 2. The van der Waals surface area contributed by atoms with Gasteiger partial charge in [0.05, 0.1) is 16.8 Å². The van der Waals surface area contributed by atoms with E-state index in [2.05, 4.69) is 26.2 Å². The van der Waals surface area contributed by atoms with Crippen LogP contribution in [0, 0.1) is 0 Å². The molecule has 0 bridgehead atoms. The van der Waals surface area contributed by atoms with Gasteiger partial charge in [0.2, 0.25) is 0 Å². The van der Waals surface area contributed by atoms with Crippen LogP contribution in [0.4, 0.5) is 11.5 Å². The van der Waals surface area contributed by atoms with E-state index in [4.69, 9.17) is 5.11 Å². The predicted molar refractivity (Wildman–Crippen MR) is 86.1 cm³/mol. The number of carbonyl (C=O) groups is 1. The third-order valence-corrected chi connectivity index (χ3v) is 3.73. The number of rotatable bonds is 3. The van der Waals surface area contributed by atoms with Crippen molar-refractivity contribution in [2.45, 2.75) is 0 Å². The Labute approximate surface area is 129 Å². The lowest BCUT2D eigenvalue weighted by molar-refractivity contribution is 0.0697. The first kappa shape index (κ1) is 13.6. The first-order valence-electron chi connectivity index (χ1n) is 6.29. The number of para-hydroxylation sites is 1. The summed E-state index contributed by atoms with van der Waals surface area (Å²) in [6.45, 7) is 0. The number of anilines is 2. The highest BCUT2D eigenvalue weighted by Crippen LogP contribution is 2.27. The summed E-state index contributed by atoms with van der Waals surface area (Å²) in [5.41, 5.74) is 1.91. The molecule has 0 amide bonds. The third-order valence-electron chi connectivity index (χ3n) is 3.08. The van der Waals surface area contributed by atoms with Crippen LogP contribution in [-0.2, 0) is 0 Å². The average Bonchev–Trinajstić information content (AvgIpc) is 2.49. The summed E-state index contributed by atoms with van der Waals surface area (Å²) in [6, 6.07) is 16.6. The van der Waals surface area contributed by atoms with Gasteiger partial charge in [-0.3, -0.25) is 0 Å². The number of aromatic nitrogens is 1. The maximum absolute atomic E-state index is 10.9. The highest BCUT2D eigenvalue weighted by molar-refractivity contribution is 9.10. The Bertz CT molecular complexity index is 833. The summed E-state index contributed by atoms with van der Waals surface area (Å²) in [7, 11) is 0. The van der Waals surface area contributed by atoms with Gasteiger partial charge in [0.1, 0.15) is 5.82 Å². The van der Waals surface area contributed by atoms with Gasteiger partial charge in [0.25, 0.3) is 0 Å². The lowest BCUT2D eigenvalue weighted by Crippen LogP contribution is -1.99. The molecule has 0 fully saturated rings. The molecule has 2 N–H and O–H groups in total. The summed E-state index contributed by atoms with van der Waals surface area (Å²) in [5.74, 6) is -0.247. The molecule has 0 radical (unpaired) electrons. The van der Waals surface area contributed by atoms with Crippen molar-refractivity contribution in [1.29, 1.82) is 0 Å². The molecule has 0 spiro atoms. The fourth-order valence-electron chi connectivity index (χ4n) is 2.02. The Kier molecular flexibility index (Phi) is 3.58. The van der Waals surface area contributed by atoms with E-state index >= 15 is 0 Å². The van der Waals surface area contributed by atoms with E-state index in [1.54, 1.807) is 18.2 Å². The van der Waals surface area contributed by atoms with Crippen LogP contribution in [0.5, 0.6) is 0 Å². The molecule has 0 aliphatic carbocycles. The monoisotopic (exact) mass is 342 g/mol. The van der Waals surface area contributed by atoms with Crippen molar-refractivity contribution in [2.75, 3.05) is 5.32 Å². The topological polar surface area (TPSA) is 62.2 Å². The van der Waals surface area contributed by atoms with Gasteiger partial charge >= 0.3 is 5.97 Å². The van der Waals surface area contributed by atoms with Crippen LogP contribution >= 0.6 is 15.9 Å². The molecule has 0 unspecified atom stereocenters. The van der Waals surface area contributed by atoms with Crippen molar-refractivity contribution in [3.8, 4) is 0 Å². The van der Waals surface area contributed by atoms with Gasteiger partial charge in [-0.2, -0.15) is 0 Å². The molecule has 1 aromatic heterocycles. The number of fused-ring (bicyclic) bond motifs is 1. The van der Waals surface area contributed by atoms with E-state index < -0.39 is 5.97 Å². The van der Waals surface area contributed by atoms with Crippen molar-refractivity contribution in [3.63, 3.8) is 0 Å². The SMILES string of the molecule is O=C(O)c1ccc(Nc2ccc3ccccc3n2)c(Br)c1. The molecule has 0 saturated carbocycles. The minimum Gasteiger partial charge on any atom is -0.478 e. The molecule has 3 rings (SSSR count). The molecule has 3 aromatic rings. The summed E-state index contributed by atoms with van der Waals surface area (Å²) in [4.78, 5) is 15.4. The smallest absolute Gasteiger partial charge is 0.335 e. The molecule has 1 heterocycles. The lowest BCUT2D eigenvalue weighted by atomic mass is 10.2. The zero-order valence-electron chi connectivity index (χ0n) is 10.9. The van der Waals surface area contributed by atoms with E-state index in [-0.39, 0.29) is 5.56 Å². The zero-order chi connectivity index (χ0) is 14.8. The molecule has 0 aliphatic rings. The Balaban J connectivity index is 1.93. The Hall–Kier alpha value is -2.40. The van der Waals surface area contributed by atoms with Crippen molar-refractivity contribution in [2.24, 2.45) is 0 Å². The van der Waals surface area contributed by atoms with E-state index in [0.717, 1.165) is 16.6 Å². The highest BCUT2D eigenvalue weighted by atomic mass is 79.9. The second kappa shape index (κ2) is 5.54. The van der Waals surface area contributed by atoms with Crippen molar-refractivity contribution in [3.05, 3.63) is 64.6 Å². The summed E-state index contributed by atoms with van der Waals surface area (Å²) in [5, 5.41) is 13.2. The Morgan fingerprint density at radius 3 is 2.67 bits per heavy atom. The summed E-state index contributed by atoms with van der Waals surface area (Å²) >= 11 is 3.37. The quantitative estimate of drug-likeness (QED) is 0.738. The van der Waals surface area contributed by atoms with Gasteiger partial charge in [0.15, 0.2) is 0 Å². The number of nitrogens with zero attached hydrogens (tertiary/aromatic N) is 1. The molecular formula is C16H11BrN2O2. The van der Waals surface area contributed by atoms with Gasteiger partial charge in [-0.25, -0.2) is 9.78 Å². The van der Waals surface area contributed by atoms with Crippen LogP contribution < -0.4 is 5.32 Å². The second-order valence-corrected chi connectivity index (χ2v) is 5.37. The van der Waals surface area contributed by atoms with Crippen LogP contribution in [0.25, 0.3) is 10.9 Å². The first-order chi connectivity index (χ1) is 10.1. The Morgan fingerprint density at radius 2 is 1.90 bits per heavy atom. The number of carboxylic acid groups (broad SMARTS) is 1. The second-order valence-electron chi connectivity index (χ2n) is 4.51. The number of pyridine rings is 1. The number of benzene rings is 2. The summed E-state index contributed by atoms with van der Waals surface area (Å²) in [6.07, 6.45) is 0. The molecule has 0 aliphatic heterocycles. The van der Waals surface area contributed by atoms with Crippen LogP contribution in [0.3, 0.4) is 0 Å². The van der Waals surface area contributed by atoms with Crippen LogP contribution in [0.15, 0.2) is 59.1 Å². The molecular weight excluding hydrogens is 332 g/mol. The maximum atomic E-state index is 10.9. The maximum Gasteiger partial charge on any atom is 0.335 e. The molecule has 104 valence electrons. The molecule has 0 saturated heterocycles. The first-order valence-corrected chi connectivity index (χ1v) is 7.08. The largest absolute Gasteiger partial charge is 0.478 e. The average molecular weight is 343 g/mol. The number of carboxylic acids is 1. The van der Waals surface area contributed by atoms with E-state index in [1.807, 2.05) is 36.4 Å². The minimum atomic E-state index is -0.953. The molecule has 2 aromatic carbocycles. The molecule has 4 nitrogen and oxygen atoms in total. The van der Waals surface area contributed by atoms with E-state index in [0.29, 0.717) is 10.3 Å². The van der Waals surface area contributed by atoms with E-state index in [9.17, 15) is 4.79 Å². The van der Waals surface area contributed by atoms with E-state index in [1.165, 1.54) is 0 Å². The molecule has 5 heteroatoms. The number of halogens is 1. The van der Waals surface area contributed by atoms with Crippen LogP contribution in [-0.4, -0.2) is 16.1 Å².